The third-order valence-electron chi connectivity index (χ3n) is 5.98. The molecule has 1 atom stereocenters. The van der Waals surface area contributed by atoms with E-state index in [1.54, 1.807) is 10.9 Å². The summed E-state index contributed by atoms with van der Waals surface area (Å²) in [4.78, 5) is 19.6. The Hall–Kier alpha value is -3.41. The molecule has 146 valence electrons. The van der Waals surface area contributed by atoms with Gasteiger partial charge in [0.05, 0.1) is 22.6 Å². The maximum Gasteiger partial charge on any atom is 0.253 e. The van der Waals surface area contributed by atoms with Gasteiger partial charge < -0.3 is 10.6 Å². The van der Waals surface area contributed by atoms with E-state index >= 15 is 0 Å². The third kappa shape index (κ3) is 2.92. The number of nitrogens with zero attached hydrogens (tertiary/aromatic N) is 4. The quantitative estimate of drug-likeness (QED) is 0.571. The average molecular weight is 385 g/mol. The molecule has 1 aliphatic heterocycles. The number of fused-ring (bicyclic) bond motifs is 3. The number of rotatable bonds is 2. The first kappa shape index (κ1) is 17.7. The zero-order valence-corrected chi connectivity index (χ0v) is 16.6. The lowest BCUT2D eigenvalue weighted by Crippen LogP contribution is -2.28. The molecule has 1 saturated heterocycles. The Morgan fingerprint density at radius 1 is 1.14 bits per heavy atom. The van der Waals surface area contributed by atoms with Crippen LogP contribution >= 0.6 is 0 Å². The molecule has 2 N–H and O–H groups in total. The normalized spacial score (nSPS) is 16.8. The highest BCUT2D eigenvalue weighted by Crippen LogP contribution is 2.31. The van der Waals surface area contributed by atoms with Crippen LogP contribution in [0.25, 0.3) is 21.8 Å². The van der Waals surface area contributed by atoms with Crippen LogP contribution in [0.1, 0.15) is 33.8 Å². The van der Waals surface area contributed by atoms with E-state index in [9.17, 15) is 4.79 Å². The SMILES string of the molecule is Cc1ccc([C@H]2CCN(C(=O)c3ccc4nc(N)c5cnn(C)c5c4c3)C2)cc1. The molecule has 0 saturated carbocycles. The highest BCUT2D eigenvalue weighted by molar-refractivity contribution is 6.10. The molecule has 5 rings (SSSR count). The zero-order valence-electron chi connectivity index (χ0n) is 16.6. The van der Waals surface area contributed by atoms with E-state index in [0.29, 0.717) is 17.3 Å². The molecule has 1 fully saturated rings. The van der Waals surface area contributed by atoms with Gasteiger partial charge in [0.2, 0.25) is 0 Å². The standard InChI is InChI=1S/C23H23N5O/c1-14-3-5-15(6-4-14)17-9-10-28(13-17)23(29)16-7-8-20-18(11-16)21-19(22(24)26-20)12-25-27(21)2/h3-8,11-12,17H,9-10,13H2,1-2H3,(H2,24,26)/t17-/m0/s1. The van der Waals surface area contributed by atoms with Crippen molar-refractivity contribution >= 4 is 33.5 Å². The van der Waals surface area contributed by atoms with Crippen molar-refractivity contribution in [2.45, 2.75) is 19.3 Å². The highest BCUT2D eigenvalue weighted by atomic mass is 16.2. The van der Waals surface area contributed by atoms with Gasteiger partial charge in [-0.05, 0) is 37.1 Å². The summed E-state index contributed by atoms with van der Waals surface area (Å²) in [6.07, 6.45) is 2.71. The molecule has 1 amide bonds. The van der Waals surface area contributed by atoms with Crippen LogP contribution in [0, 0.1) is 6.92 Å². The van der Waals surface area contributed by atoms with Crippen LogP contribution in [0.15, 0.2) is 48.7 Å². The van der Waals surface area contributed by atoms with Gasteiger partial charge in [-0.3, -0.25) is 9.48 Å². The van der Waals surface area contributed by atoms with E-state index in [4.69, 9.17) is 5.73 Å². The number of hydrogen-bond donors (Lipinski definition) is 1. The molecule has 2 aromatic heterocycles. The van der Waals surface area contributed by atoms with Crippen molar-refractivity contribution in [3.8, 4) is 0 Å². The second kappa shape index (κ2) is 6.58. The maximum atomic E-state index is 13.2. The van der Waals surface area contributed by atoms with E-state index in [2.05, 4.69) is 41.3 Å². The number of nitrogen functional groups attached to an aromatic ring is 1. The van der Waals surface area contributed by atoms with Gasteiger partial charge in [-0.25, -0.2) is 4.98 Å². The minimum atomic E-state index is 0.0636. The molecule has 4 aromatic rings. The Morgan fingerprint density at radius 3 is 2.72 bits per heavy atom. The fraction of sp³-hybridized carbons (Fsp3) is 0.261. The molecule has 0 aliphatic carbocycles. The topological polar surface area (TPSA) is 77.0 Å². The first-order chi connectivity index (χ1) is 14.0. The number of anilines is 1. The summed E-state index contributed by atoms with van der Waals surface area (Å²) in [5, 5.41) is 6.02. The van der Waals surface area contributed by atoms with Crippen molar-refractivity contribution < 1.29 is 4.79 Å². The van der Waals surface area contributed by atoms with E-state index in [1.165, 1.54) is 11.1 Å². The molecule has 0 spiro atoms. The molecule has 0 radical (unpaired) electrons. The van der Waals surface area contributed by atoms with Crippen LogP contribution in [-0.2, 0) is 7.05 Å². The van der Waals surface area contributed by atoms with Crippen molar-refractivity contribution in [2.75, 3.05) is 18.8 Å². The van der Waals surface area contributed by atoms with Crippen LogP contribution in [0.2, 0.25) is 0 Å². The monoisotopic (exact) mass is 385 g/mol. The van der Waals surface area contributed by atoms with Crippen LogP contribution in [0.4, 0.5) is 5.82 Å². The van der Waals surface area contributed by atoms with Crippen LogP contribution in [0.3, 0.4) is 0 Å². The first-order valence-corrected chi connectivity index (χ1v) is 9.88. The maximum absolute atomic E-state index is 13.2. The first-order valence-electron chi connectivity index (χ1n) is 9.88. The third-order valence-corrected chi connectivity index (χ3v) is 5.98. The minimum Gasteiger partial charge on any atom is -0.383 e. The number of amides is 1. The lowest BCUT2D eigenvalue weighted by atomic mass is 9.97. The molecule has 29 heavy (non-hydrogen) atoms. The van der Waals surface area contributed by atoms with Gasteiger partial charge in [-0.2, -0.15) is 5.10 Å². The molecule has 0 unspecified atom stereocenters. The molecule has 2 aromatic carbocycles. The smallest absolute Gasteiger partial charge is 0.253 e. The molecule has 1 aliphatic rings. The van der Waals surface area contributed by atoms with Gasteiger partial charge in [0, 0.05) is 37.0 Å². The van der Waals surface area contributed by atoms with Crippen molar-refractivity contribution in [1.29, 1.82) is 0 Å². The zero-order chi connectivity index (χ0) is 20.1. The fourth-order valence-corrected chi connectivity index (χ4v) is 4.33. The van der Waals surface area contributed by atoms with E-state index in [1.807, 2.05) is 30.1 Å². The summed E-state index contributed by atoms with van der Waals surface area (Å²) in [5.41, 5.74) is 11.0. The van der Waals surface area contributed by atoms with E-state index in [-0.39, 0.29) is 5.91 Å². The lowest BCUT2D eigenvalue weighted by Gasteiger charge is -2.17. The molecule has 0 bridgehead atoms. The number of hydrogen-bond acceptors (Lipinski definition) is 4. The van der Waals surface area contributed by atoms with Gasteiger partial charge >= 0.3 is 0 Å². The number of aromatic nitrogens is 3. The van der Waals surface area contributed by atoms with Gasteiger partial charge in [0.1, 0.15) is 5.82 Å². The van der Waals surface area contributed by atoms with Crippen molar-refractivity contribution in [3.63, 3.8) is 0 Å². The van der Waals surface area contributed by atoms with Crippen molar-refractivity contribution in [1.82, 2.24) is 19.7 Å². The molecule has 3 heterocycles. The number of pyridine rings is 1. The molecular formula is C23H23N5O. The van der Waals surface area contributed by atoms with Crippen molar-refractivity contribution in [3.05, 3.63) is 65.4 Å². The van der Waals surface area contributed by atoms with Gasteiger partial charge in [-0.15, -0.1) is 0 Å². The van der Waals surface area contributed by atoms with E-state index in [0.717, 1.165) is 41.3 Å². The number of likely N-dealkylation sites (tertiary alicyclic amines) is 1. The number of carbonyl (C=O) groups is 1. The average Bonchev–Trinajstić information content (AvgIpc) is 3.36. The van der Waals surface area contributed by atoms with Gasteiger partial charge in [-0.1, -0.05) is 29.8 Å². The summed E-state index contributed by atoms with van der Waals surface area (Å²) < 4.78 is 1.78. The number of benzene rings is 2. The summed E-state index contributed by atoms with van der Waals surface area (Å²) in [7, 11) is 1.88. The Bertz CT molecular complexity index is 1240. The summed E-state index contributed by atoms with van der Waals surface area (Å²) in [6, 6.07) is 14.3. The predicted molar refractivity (Wildman–Crippen MR) is 115 cm³/mol. The number of carbonyl (C=O) groups excluding carboxylic acids is 1. The Morgan fingerprint density at radius 2 is 1.93 bits per heavy atom. The Kier molecular flexibility index (Phi) is 4.01. The van der Waals surface area contributed by atoms with Gasteiger partial charge in [0.15, 0.2) is 0 Å². The van der Waals surface area contributed by atoms with Crippen LogP contribution in [0.5, 0.6) is 0 Å². The minimum absolute atomic E-state index is 0.0636. The largest absolute Gasteiger partial charge is 0.383 e. The summed E-state index contributed by atoms with van der Waals surface area (Å²) in [6.45, 7) is 3.62. The number of aryl methyl sites for hydroxylation is 2. The number of nitrogens with two attached hydrogens (primary N) is 1. The summed E-state index contributed by atoms with van der Waals surface area (Å²) in [5.74, 6) is 0.916. The Balaban J connectivity index is 1.47. The predicted octanol–water partition coefficient (Wildman–Crippen LogP) is 3.64. The second-order valence-electron chi connectivity index (χ2n) is 7.91. The van der Waals surface area contributed by atoms with Gasteiger partial charge in [0.25, 0.3) is 5.91 Å². The van der Waals surface area contributed by atoms with Crippen LogP contribution < -0.4 is 5.73 Å². The van der Waals surface area contributed by atoms with E-state index < -0.39 is 0 Å². The Labute approximate surface area is 168 Å². The molecular weight excluding hydrogens is 362 g/mol. The second-order valence-corrected chi connectivity index (χ2v) is 7.91. The summed E-state index contributed by atoms with van der Waals surface area (Å²) >= 11 is 0. The highest BCUT2D eigenvalue weighted by Gasteiger charge is 2.28. The van der Waals surface area contributed by atoms with Crippen LogP contribution in [-0.4, -0.2) is 38.7 Å². The lowest BCUT2D eigenvalue weighted by molar-refractivity contribution is 0.0791. The van der Waals surface area contributed by atoms with Crippen molar-refractivity contribution in [2.24, 2.45) is 7.05 Å². The molecule has 6 nitrogen and oxygen atoms in total. The molecule has 6 heteroatoms. The fourth-order valence-electron chi connectivity index (χ4n) is 4.33.